The first-order valence-corrected chi connectivity index (χ1v) is 9.63. The van der Waals surface area contributed by atoms with Crippen molar-refractivity contribution >= 4 is 40.1 Å². The minimum absolute atomic E-state index is 0.0143. The summed E-state index contributed by atoms with van der Waals surface area (Å²) >= 11 is 8.18. The lowest BCUT2D eigenvalue weighted by Gasteiger charge is -2.33. The molecule has 3 rings (SSSR count). The Kier molecular flexibility index (Phi) is 6.18. The third-order valence-electron chi connectivity index (χ3n) is 4.64. The Hall–Kier alpha value is -0.370. The van der Waals surface area contributed by atoms with Crippen LogP contribution in [0.3, 0.4) is 0 Å². The van der Waals surface area contributed by atoms with E-state index in [0.29, 0.717) is 16.5 Å². The van der Waals surface area contributed by atoms with Gasteiger partial charge in [0.25, 0.3) is 5.91 Å². The van der Waals surface area contributed by atoms with Crippen molar-refractivity contribution in [2.45, 2.75) is 25.3 Å². The first-order chi connectivity index (χ1) is 11.1. The average Bonchev–Trinajstić information content (AvgIpc) is 3.04. The highest BCUT2D eigenvalue weighted by Crippen LogP contribution is 2.20. The van der Waals surface area contributed by atoms with Gasteiger partial charge in [0, 0.05) is 40.9 Å². The summed E-state index contributed by atoms with van der Waals surface area (Å²) in [6.45, 7) is 5.05. The number of likely N-dealkylation sites (tertiary alicyclic amines) is 1. The van der Waals surface area contributed by atoms with Crippen molar-refractivity contribution < 1.29 is 9.53 Å². The van der Waals surface area contributed by atoms with Crippen molar-refractivity contribution in [3.63, 3.8) is 0 Å². The number of amides is 1. The van der Waals surface area contributed by atoms with Gasteiger partial charge in [-0.2, -0.15) is 0 Å². The van der Waals surface area contributed by atoms with Crippen LogP contribution in [0.15, 0.2) is 18.2 Å². The summed E-state index contributed by atoms with van der Waals surface area (Å²) in [5.41, 5.74) is 0.670. The van der Waals surface area contributed by atoms with Crippen molar-refractivity contribution in [1.29, 1.82) is 0 Å². The van der Waals surface area contributed by atoms with Gasteiger partial charge in [0.1, 0.15) is 0 Å². The maximum absolute atomic E-state index is 12.4. The number of hydrogen-bond acceptors (Lipinski definition) is 3. The fraction of sp³-hybridized carbons (Fsp3) is 0.588. The van der Waals surface area contributed by atoms with Gasteiger partial charge in [-0.25, -0.2) is 0 Å². The van der Waals surface area contributed by atoms with Crippen LogP contribution in [0.2, 0.25) is 5.02 Å². The molecule has 23 heavy (non-hydrogen) atoms. The molecule has 6 heteroatoms. The van der Waals surface area contributed by atoms with Crippen LogP contribution in [0.5, 0.6) is 0 Å². The Labute approximate surface area is 156 Å². The van der Waals surface area contributed by atoms with Gasteiger partial charge in [-0.05, 0) is 66.0 Å². The third-order valence-corrected chi connectivity index (χ3v) is 5.81. The number of nitrogens with zero attached hydrogens (tertiary/aromatic N) is 1. The molecule has 4 nitrogen and oxygen atoms in total. The number of nitrogens with one attached hydrogen (secondary N) is 1. The van der Waals surface area contributed by atoms with E-state index in [1.807, 2.05) is 12.1 Å². The summed E-state index contributed by atoms with van der Waals surface area (Å²) in [5.74, 6) is 0.675. The molecule has 0 aliphatic carbocycles. The lowest BCUT2D eigenvalue weighted by molar-refractivity contribution is 0.0902. The van der Waals surface area contributed by atoms with Gasteiger partial charge in [0.05, 0.1) is 12.2 Å². The van der Waals surface area contributed by atoms with E-state index in [1.165, 1.54) is 6.42 Å². The zero-order chi connectivity index (χ0) is 16.2. The molecular formula is C17H22ClIN2O2. The summed E-state index contributed by atoms with van der Waals surface area (Å²) in [4.78, 5) is 14.9. The largest absolute Gasteiger partial charge is 0.381 e. The molecule has 0 spiro atoms. The minimum Gasteiger partial charge on any atom is -0.381 e. The molecule has 1 amide bonds. The molecular weight excluding hydrogens is 427 g/mol. The first-order valence-electron chi connectivity index (χ1n) is 8.18. The summed E-state index contributed by atoms with van der Waals surface area (Å²) < 4.78 is 6.38. The first kappa shape index (κ1) is 17.5. The van der Waals surface area contributed by atoms with Crippen LogP contribution < -0.4 is 5.32 Å². The SMILES string of the molecule is O=C(NC1CCN(CC2CCOC2)CC1)c1cc(Cl)ccc1I. The monoisotopic (exact) mass is 448 g/mol. The molecule has 2 aliphatic rings. The summed E-state index contributed by atoms with van der Waals surface area (Å²) in [6.07, 6.45) is 3.21. The maximum atomic E-state index is 12.4. The smallest absolute Gasteiger partial charge is 0.252 e. The van der Waals surface area contributed by atoms with Crippen molar-refractivity contribution in [3.05, 3.63) is 32.4 Å². The highest BCUT2D eigenvalue weighted by Gasteiger charge is 2.25. The number of halogens is 2. The molecule has 0 bridgehead atoms. The number of hydrogen-bond donors (Lipinski definition) is 1. The molecule has 0 saturated carbocycles. The molecule has 1 unspecified atom stereocenters. The van der Waals surface area contributed by atoms with E-state index in [1.54, 1.807) is 6.07 Å². The van der Waals surface area contributed by atoms with Crippen molar-refractivity contribution in [2.75, 3.05) is 32.8 Å². The molecule has 1 aromatic rings. The highest BCUT2D eigenvalue weighted by molar-refractivity contribution is 14.1. The summed E-state index contributed by atoms with van der Waals surface area (Å²) in [7, 11) is 0. The van der Waals surface area contributed by atoms with Crippen LogP contribution in [0.1, 0.15) is 29.6 Å². The Morgan fingerprint density at radius 1 is 1.35 bits per heavy atom. The van der Waals surface area contributed by atoms with Gasteiger partial charge in [0.15, 0.2) is 0 Å². The topological polar surface area (TPSA) is 41.6 Å². The van der Waals surface area contributed by atoms with E-state index in [2.05, 4.69) is 32.8 Å². The standard InChI is InChI=1S/C17H22ClIN2O2/c18-13-1-2-16(19)15(9-13)17(22)20-14-3-6-21(7-4-14)10-12-5-8-23-11-12/h1-2,9,12,14H,3-8,10-11H2,(H,20,22). The summed E-state index contributed by atoms with van der Waals surface area (Å²) in [6, 6.07) is 5.69. The average molecular weight is 449 g/mol. The van der Waals surface area contributed by atoms with Crippen LogP contribution in [0, 0.1) is 9.49 Å². The fourth-order valence-corrected chi connectivity index (χ4v) is 4.04. The molecule has 2 saturated heterocycles. The number of piperidine rings is 1. The van der Waals surface area contributed by atoms with Crippen molar-refractivity contribution in [2.24, 2.45) is 5.92 Å². The summed E-state index contributed by atoms with van der Waals surface area (Å²) in [5, 5.41) is 3.76. The lowest BCUT2D eigenvalue weighted by Crippen LogP contribution is -2.46. The van der Waals surface area contributed by atoms with Crippen LogP contribution in [-0.2, 0) is 4.74 Å². The molecule has 1 aromatic carbocycles. The molecule has 2 aliphatic heterocycles. The normalized spacial score (nSPS) is 23.1. The number of carbonyl (C=O) groups is 1. The maximum Gasteiger partial charge on any atom is 0.252 e. The third kappa shape index (κ3) is 4.81. The molecule has 1 atom stereocenters. The molecule has 126 valence electrons. The van der Waals surface area contributed by atoms with Crippen LogP contribution in [0.4, 0.5) is 0 Å². The number of rotatable bonds is 4. The van der Waals surface area contributed by atoms with E-state index in [-0.39, 0.29) is 11.9 Å². The molecule has 0 radical (unpaired) electrons. The zero-order valence-electron chi connectivity index (χ0n) is 13.1. The number of carbonyl (C=O) groups excluding carboxylic acids is 1. The number of ether oxygens (including phenoxy) is 1. The Bertz CT molecular complexity index is 556. The van der Waals surface area contributed by atoms with Crippen molar-refractivity contribution in [1.82, 2.24) is 10.2 Å². The van der Waals surface area contributed by atoms with Crippen LogP contribution in [0.25, 0.3) is 0 Å². The minimum atomic E-state index is -0.0143. The Balaban J connectivity index is 1.48. The second-order valence-corrected chi connectivity index (χ2v) is 8.00. The molecule has 2 heterocycles. The second-order valence-electron chi connectivity index (χ2n) is 6.40. The van der Waals surface area contributed by atoms with Gasteiger partial charge < -0.3 is 15.0 Å². The van der Waals surface area contributed by atoms with Gasteiger partial charge >= 0.3 is 0 Å². The predicted octanol–water partition coefficient (Wildman–Crippen LogP) is 3.18. The Morgan fingerprint density at radius 3 is 2.83 bits per heavy atom. The van der Waals surface area contributed by atoms with Gasteiger partial charge in [-0.15, -0.1) is 0 Å². The fourth-order valence-electron chi connectivity index (χ4n) is 3.29. The van der Waals surface area contributed by atoms with Gasteiger partial charge in [0.2, 0.25) is 0 Å². The quantitative estimate of drug-likeness (QED) is 0.720. The van der Waals surface area contributed by atoms with Crippen LogP contribution in [-0.4, -0.2) is 49.7 Å². The van der Waals surface area contributed by atoms with Gasteiger partial charge in [-0.1, -0.05) is 11.6 Å². The Morgan fingerprint density at radius 2 is 2.13 bits per heavy atom. The van der Waals surface area contributed by atoms with E-state index < -0.39 is 0 Å². The molecule has 2 fully saturated rings. The molecule has 0 aromatic heterocycles. The van der Waals surface area contributed by atoms with E-state index in [0.717, 1.165) is 49.3 Å². The van der Waals surface area contributed by atoms with Gasteiger partial charge in [-0.3, -0.25) is 4.79 Å². The zero-order valence-corrected chi connectivity index (χ0v) is 16.0. The highest BCUT2D eigenvalue weighted by atomic mass is 127. The van der Waals surface area contributed by atoms with Crippen LogP contribution >= 0.6 is 34.2 Å². The van der Waals surface area contributed by atoms with E-state index in [4.69, 9.17) is 16.3 Å². The van der Waals surface area contributed by atoms with Crippen molar-refractivity contribution in [3.8, 4) is 0 Å². The van der Waals surface area contributed by atoms with E-state index in [9.17, 15) is 4.79 Å². The second kappa shape index (κ2) is 8.14. The number of benzene rings is 1. The predicted molar refractivity (Wildman–Crippen MR) is 100 cm³/mol. The molecule has 1 N–H and O–H groups in total. The lowest BCUT2D eigenvalue weighted by atomic mass is 10.0. The van der Waals surface area contributed by atoms with E-state index >= 15 is 0 Å².